The van der Waals surface area contributed by atoms with E-state index >= 15 is 0 Å². The number of halogens is 1. The SMILES string of the molecule is COc1ccc2cccc(-n3c(Cl)nn(C)c3=O)c2c1. The average molecular weight is 290 g/mol. The van der Waals surface area contributed by atoms with Crippen molar-refractivity contribution < 1.29 is 4.74 Å². The molecule has 0 spiro atoms. The fourth-order valence-corrected chi connectivity index (χ4v) is 2.47. The maximum atomic E-state index is 12.1. The van der Waals surface area contributed by atoms with E-state index in [4.69, 9.17) is 16.3 Å². The number of aryl methyl sites for hydroxylation is 1. The van der Waals surface area contributed by atoms with Gasteiger partial charge in [-0.15, -0.1) is 5.10 Å². The summed E-state index contributed by atoms with van der Waals surface area (Å²) in [5.41, 5.74) is 0.398. The third-order valence-electron chi connectivity index (χ3n) is 3.19. The second-order valence-electron chi connectivity index (χ2n) is 4.37. The summed E-state index contributed by atoms with van der Waals surface area (Å²) in [5.74, 6) is 0.720. The van der Waals surface area contributed by atoms with Crippen molar-refractivity contribution in [1.29, 1.82) is 0 Å². The van der Waals surface area contributed by atoms with Crippen molar-refractivity contribution in [2.75, 3.05) is 7.11 Å². The molecule has 1 aromatic heterocycles. The zero-order valence-electron chi connectivity index (χ0n) is 11.0. The predicted octanol–water partition coefficient (Wildman–Crippen LogP) is 2.39. The fourth-order valence-electron chi connectivity index (χ4n) is 2.19. The molecule has 102 valence electrons. The highest BCUT2D eigenvalue weighted by Gasteiger charge is 2.13. The molecule has 0 radical (unpaired) electrons. The number of methoxy groups -OCH3 is 1. The summed E-state index contributed by atoms with van der Waals surface area (Å²) < 4.78 is 7.83. The van der Waals surface area contributed by atoms with Crippen LogP contribution in [-0.2, 0) is 7.05 Å². The topological polar surface area (TPSA) is 49.0 Å². The number of ether oxygens (including phenoxy) is 1. The van der Waals surface area contributed by atoms with E-state index in [-0.39, 0.29) is 11.0 Å². The molecule has 0 atom stereocenters. The summed E-state index contributed by atoms with van der Waals surface area (Å²) >= 11 is 6.06. The summed E-state index contributed by atoms with van der Waals surface area (Å²) in [6.45, 7) is 0. The van der Waals surface area contributed by atoms with Crippen molar-refractivity contribution in [2.45, 2.75) is 0 Å². The van der Waals surface area contributed by atoms with Gasteiger partial charge in [0.2, 0.25) is 5.28 Å². The molecular weight excluding hydrogens is 278 g/mol. The first kappa shape index (κ1) is 12.7. The fraction of sp³-hybridized carbons (Fsp3) is 0.143. The zero-order chi connectivity index (χ0) is 14.3. The summed E-state index contributed by atoms with van der Waals surface area (Å²) in [5, 5.41) is 5.94. The van der Waals surface area contributed by atoms with E-state index in [2.05, 4.69) is 5.10 Å². The maximum absolute atomic E-state index is 12.1. The van der Waals surface area contributed by atoms with Gasteiger partial charge in [-0.3, -0.25) is 0 Å². The molecule has 5 nitrogen and oxygen atoms in total. The van der Waals surface area contributed by atoms with E-state index in [1.807, 2.05) is 36.4 Å². The summed E-state index contributed by atoms with van der Waals surface area (Å²) in [4.78, 5) is 12.1. The molecule has 20 heavy (non-hydrogen) atoms. The standard InChI is InChI=1S/C14H12ClN3O2/c1-17-14(19)18(13(15)16-17)12-5-3-4-9-6-7-10(20-2)8-11(9)12/h3-8H,1-2H3. The molecule has 3 rings (SSSR count). The summed E-state index contributed by atoms with van der Waals surface area (Å²) in [6, 6.07) is 11.4. The minimum Gasteiger partial charge on any atom is -0.497 e. The van der Waals surface area contributed by atoms with E-state index in [9.17, 15) is 4.79 Å². The Bertz CT molecular complexity index is 851. The molecule has 0 N–H and O–H groups in total. The molecule has 1 heterocycles. The van der Waals surface area contributed by atoms with Gasteiger partial charge >= 0.3 is 5.69 Å². The minimum atomic E-state index is -0.287. The Morgan fingerprint density at radius 2 is 2.05 bits per heavy atom. The van der Waals surface area contributed by atoms with Gasteiger partial charge in [0.05, 0.1) is 12.8 Å². The van der Waals surface area contributed by atoms with Gasteiger partial charge in [0, 0.05) is 12.4 Å². The predicted molar refractivity (Wildman–Crippen MR) is 77.9 cm³/mol. The summed E-state index contributed by atoms with van der Waals surface area (Å²) in [6.07, 6.45) is 0. The quantitative estimate of drug-likeness (QED) is 0.728. The molecule has 0 saturated heterocycles. The third kappa shape index (κ3) is 1.87. The first-order chi connectivity index (χ1) is 9.61. The summed E-state index contributed by atoms with van der Waals surface area (Å²) in [7, 11) is 3.17. The van der Waals surface area contributed by atoms with Crippen molar-refractivity contribution in [2.24, 2.45) is 7.05 Å². The van der Waals surface area contributed by atoms with Crippen molar-refractivity contribution in [3.8, 4) is 11.4 Å². The van der Waals surface area contributed by atoms with Crippen LogP contribution >= 0.6 is 11.6 Å². The molecule has 6 heteroatoms. The van der Waals surface area contributed by atoms with Crippen LogP contribution in [0.4, 0.5) is 0 Å². The minimum absolute atomic E-state index is 0.132. The van der Waals surface area contributed by atoms with Gasteiger partial charge in [-0.25, -0.2) is 14.0 Å². The van der Waals surface area contributed by atoms with Gasteiger partial charge in [0.15, 0.2) is 0 Å². The maximum Gasteiger partial charge on any atom is 0.351 e. The molecule has 3 aromatic rings. The Balaban J connectivity index is 2.38. The van der Waals surface area contributed by atoms with Crippen LogP contribution in [0.1, 0.15) is 0 Å². The number of nitrogens with zero attached hydrogens (tertiary/aromatic N) is 3. The van der Waals surface area contributed by atoms with Crippen LogP contribution in [0.25, 0.3) is 16.5 Å². The molecule has 0 aliphatic carbocycles. The van der Waals surface area contributed by atoms with Gasteiger partial charge in [0.1, 0.15) is 5.75 Å². The van der Waals surface area contributed by atoms with Gasteiger partial charge in [-0.05, 0) is 35.2 Å². The van der Waals surface area contributed by atoms with Crippen LogP contribution in [0.3, 0.4) is 0 Å². The van der Waals surface area contributed by atoms with Crippen LogP contribution in [-0.4, -0.2) is 21.5 Å². The smallest absolute Gasteiger partial charge is 0.351 e. The van der Waals surface area contributed by atoms with E-state index in [0.717, 1.165) is 16.5 Å². The highest BCUT2D eigenvalue weighted by atomic mass is 35.5. The molecule has 0 bridgehead atoms. The lowest BCUT2D eigenvalue weighted by atomic mass is 10.1. The molecule has 0 saturated carbocycles. The number of rotatable bonds is 2. The highest BCUT2D eigenvalue weighted by molar-refractivity contribution is 6.28. The van der Waals surface area contributed by atoms with Crippen LogP contribution in [0.2, 0.25) is 5.28 Å². The molecule has 0 amide bonds. The van der Waals surface area contributed by atoms with Crippen LogP contribution in [0.5, 0.6) is 5.75 Å². The lowest BCUT2D eigenvalue weighted by Gasteiger charge is -2.08. The Kier molecular flexibility index (Phi) is 2.99. The Morgan fingerprint density at radius 3 is 2.70 bits per heavy atom. The van der Waals surface area contributed by atoms with Crippen LogP contribution < -0.4 is 10.4 Å². The van der Waals surface area contributed by atoms with E-state index in [0.29, 0.717) is 5.69 Å². The van der Waals surface area contributed by atoms with Crippen molar-refractivity contribution in [3.05, 3.63) is 52.2 Å². The average Bonchev–Trinajstić information content (AvgIpc) is 2.71. The van der Waals surface area contributed by atoms with Crippen LogP contribution in [0, 0.1) is 0 Å². The number of benzene rings is 2. The number of aromatic nitrogens is 3. The lowest BCUT2D eigenvalue weighted by Crippen LogP contribution is -2.21. The second kappa shape index (κ2) is 4.68. The van der Waals surface area contributed by atoms with Gasteiger partial charge in [-0.1, -0.05) is 18.2 Å². The van der Waals surface area contributed by atoms with Gasteiger partial charge in [0.25, 0.3) is 0 Å². The normalized spacial score (nSPS) is 10.9. The Labute approximate surface area is 120 Å². The number of hydrogen-bond acceptors (Lipinski definition) is 3. The number of hydrogen-bond donors (Lipinski definition) is 0. The first-order valence-electron chi connectivity index (χ1n) is 6.00. The molecule has 0 unspecified atom stereocenters. The third-order valence-corrected chi connectivity index (χ3v) is 3.44. The molecule has 2 aromatic carbocycles. The highest BCUT2D eigenvalue weighted by Crippen LogP contribution is 2.27. The zero-order valence-corrected chi connectivity index (χ0v) is 11.8. The second-order valence-corrected chi connectivity index (χ2v) is 4.71. The van der Waals surface area contributed by atoms with Crippen LogP contribution in [0.15, 0.2) is 41.2 Å². The number of fused-ring (bicyclic) bond motifs is 1. The Morgan fingerprint density at radius 1 is 1.25 bits per heavy atom. The molecule has 0 aliphatic heterocycles. The van der Waals surface area contributed by atoms with E-state index in [1.165, 1.54) is 9.25 Å². The lowest BCUT2D eigenvalue weighted by molar-refractivity contribution is 0.415. The van der Waals surface area contributed by atoms with E-state index < -0.39 is 0 Å². The van der Waals surface area contributed by atoms with Crippen molar-refractivity contribution in [1.82, 2.24) is 14.3 Å². The van der Waals surface area contributed by atoms with E-state index in [1.54, 1.807) is 14.2 Å². The largest absolute Gasteiger partial charge is 0.497 e. The molecule has 0 fully saturated rings. The van der Waals surface area contributed by atoms with Gasteiger partial charge in [-0.2, -0.15) is 0 Å². The van der Waals surface area contributed by atoms with Crippen molar-refractivity contribution >= 4 is 22.4 Å². The van der Waals surface area contributed by atoms with Gasteiger partial charge < -0.3 is 4.74 Å². The van der Waals surface area contributed by atoms with Crippen molar-refractivity contribution in [3.63, 3.8) is 0 Å². The Hall–Kier alpha value is -2.27. The monoisotopic (exact) mass is 289 g/mol. The first-order valence-corrected chi connectivity index (χ1v) is 6.38. The molecular formula is C14H12ClN3O2. The molecule has 0 aliphatic rings.